The minimum atomic E-state index is -0.725. The molecule has 0 saturated heterocycles. The van der Waals surface area contributed by atoms with Crippen LogP contribution in [0.4, 0.5) is 5.69 Å². The summed E-state index contributed by atoms with van der Waals surface area (Å²) in [4.78, 5) is 11.6. The summed E-state index contributed by atoms with van der Waals surface area (Å²) in [6, 6.07) is 8.94. The number of rotatable bonds is 1. The van der Waals surface area contributed by atoms with Crippen LogP contribution in [0.2, 0.25) is 0 Å². The Labute approximate surface area is 91.7 Å². The van der Waals surface area contributed by atoms with Gasteiger partial charge in [0.25, 0.3) is 5.91 Å². The van der Waals surface area contributed by atoms with Gasteiger partial charge in [0.2, 0.25) is 0 Å². The number of nitrogens with one attached hydrogen (secondary N) is 1. The van der Waals surface area contributed by atoms with Crippen molar-refractivity contribution in [3.63, 3.8) is 0 Å². The Kier molecular flexibility index (Phi) is 2.51. The van der Waals surface area contributed by atoms with Gasteiger partial charge in [0.05, 0.1) is 5.69 Å². The first-order valence-corrected chi connectivity index (χ1v) is 4.80. The predicted molar refractivity (Wildman–Crippen MR) is 59.8 cm³/mol. The SMILES string of the molecule is N=C1C(=O)N(c2ccccc2)N=CC1Cl. The van der Waals surface area contributed by atoms with E-state index in [0.29, 0.717) is 5.69 Å². The summed E-state index contributed by atoms with van der Waals surface area (Å²) in [6.45, 7) is 0. The molecule has 1 aliphatic heterocycles. The summed E-state index contributed by atoms with van der Waals surface area (Å²) in [6.07, 6.45) is 1.37. The molecule has 0 aliphatic carbocycles. The first-order chi connectivity index (χ1) is 7.20. The van der Waals surface area contributed by atoms with E-state index >= 15 is 0 Å². The zero-order valence-electron chi connectivity index (χ0n) is 7.72. The van der Waals surface area contributed by atoms with Crippen LogP contribution in [0.3, 0.4) is 0 Å². The molecular formula is C10H8ClN3O. The standard InChI is InChI=1S/C10H8ClN3O/c11-8-6-13-14(10(15)9(8)12)7-4-2-1-3-5-7/h1-6,8,12H. The van der Waals surface area contributed by atoms with Gasteiger partial charge in [0.15, 0.2) is 0 Å². The van der Waals surface area contributed by atoms with Crippen molar-refractivity contribution < 1.29 is 4.79 Å². The third kappa shape index (κ3) is 1.76. The van der Waals surface area contributed by atoms with Crippen molar-refractivity contribution in [1.29, 1.82) is 5.41 Å². The van der Waals surface area contributed by atoms with Crippen LogP contribution in [-0.4, -0.2) is 23.2 Å². The van der Waals surface area contributed by atoms with Crippen molar-refractivity contribution >= 4 is 35.1 Å². The second-order valence-corrected chi connectivity index (χ2v) is 3.50. The van der Waals surface area contributed by atoms with E-state index in [-0.39, 0.29) is 5.71 Å². The van der Waals surface area contributed by atoms with E-state index in [2.05, 4.69) is 5.10 Å². The van der Waals surface area contributed by atoms with Crippen LogP contribution in [0.5, 0.6) is 0 Å². The highest BCUT2D eigenvalue weighted by Crippen LogP contribution is 2.17. The molecule has 0 saturated carbocycles. The highest BCUT2D eigenvalue weighted by atomic mass is 35.5. The maximum Gasteiger partial charge on any atom is 0.294 e. The summed E-state index contributed by atoms with van der Waals surface area (Å²) in [5.74, 6) is -0.483. The molecule has 1 N–H and O–H groups in total. The molecule has 5 heteroatoms. The Bertz CT molecular complexity index is 430. The Hall–Kier alpha value is -1.68. The maximum atomic E-state index is 11.6. The lowest BCUT2D eigenvalue weighted by molar-refractivity contribution is -0.112. The largest absolute Gasteiger partial charge is 0.298 e. The van der Waals surface area contributed by atoms with Gasteiger partial charge in [-0.1, -0.05) is 18.2 Å². The smallest absolute Gasteiger partial charge is 0.294 e. The summed E-state index contributed by atoms with van der Waals surface area (Å²) in [7, 11) is 0. The lowest BCUT2D eigenvalue weighted by Gasteiger charge is -2.22. The molecule has 1 aliphatic rings. The van der Waals surface area contributed by atoms with Crippen molar-refractivity contribution in [1.82, 2.24) is 0 Å². The quantitative estimate of drug-likeness (QED) is 0.721. The van der Waals surface area contributed by atoms with Gasteiger partial charge in [0.1, 0.15) is 11.1 Å². The summed E-state index contributed by atoms with van der Waals surface area (Å²) >= 11 is 5.69. The number of carbonyl (C=O) groups excluding carboxylic acids is 1. The number of carbonyl (C=O) groups is 1. The molecule has 15 heavy (non-hydrogen) atoms. The molecule has 1 amide bonds. The fourth-order valence-corrected chi connectivity index (χ4v) is 1.38. The number of alkyl halides is 1. The lowest BCUT2D eigenvalue weighted by Crippen LogP contribution is -2.41. The normalized spacial score (nSPS) is 20.9. The second kappa shape index (κ2) is 3.82. The van der Waals surface area contributed by atoms with Gasteiger partial charge in [-0.3, -0.25) is 10.2 Å². The van der Waals surface area contributed by atoms with Crippen molar-refractivity contribution in [2.45, 2.75) is 5.38 Å². The number of anilines is 1. The van der Waals surface area contributed by atoms with E-state index in [0.717, 1.165) is 0 Å². The van der Waals surface area contributed by atoms with Crippen LogP contribution in [0, 0.1) is 5.41 Å². The van der Waals surface area contributed by atoms with Gasteiger partial charge < -0.3 is 0 Å². The summed E-state index contributed by atoms with van der Waals surface area (Å²) in [5.41, 5.74) is 0.475. The molecule has 4 nitrogen and oxygen atoms in total. The third-order valence-electron chi connectivity index (χ3n) is 2.01. The monoisotopic (exact) mass is 221 g/mol. The number of hydrazone groups is 1. The molecule has 1 unspecified atom stereocenters. The van der Waals surface area contributed by atoms with Crippen LogP contribution < -0.4 is 5.01 Å². The van der Waals surface area contributed by atoms with E-state index in [1.165, 1.54) is 11.2 Å². The molecule has 0 radical (unpaired) electrons. The number of hydrogen-bond acceptors (Lipinski definition) is 3. The number of para-hydroxylation sites is 1. The minimum Gasteiger partial charge on any atom is -0.298 e. The first-order valence-electron chi connectivity index (χ1n) is 4.36. The van der Waals surface area contributed by atoms with Crippen molar-refractivity contribution in [2.24, 2.45) is 5.10 Å². The van der Waals surface area contributed by atoms with Crippen LogP contribution in [0.25, 0.3) is 0 Å². The highest BCUT2D eigenvalue weighted by Gasteiger charge is 2.28. The number of nitrogens with zero attached hydrogens (tertiary/aromatic N) is 2. The van der Waals surface area contributed by atoms with E-state index < -0.39 is 11.3 Å². The van der Waals surface area contributed by atoms with Gasteiger partial charge in [-0.05, 0) is 12.1 Å². The average Bonchev–Trinajstić information content (AvgIpc) is 2.27. The Balaban J connectivity index is 2.36. The molecule has 0 fully saturated rings. The van der Waals surface area contributed by atoms with Crippen LogP contribution in [0.1, 0.15) is 0 Å². The van der Waals surface area contributed by atoms with E-state index in [1.807, 2.05) is 6.07 Å². The molecule has 1 aromatic rings. The predicted octanol–water partition coefficient (Wildman–Crippen LogP) is 1.65. The topological polar surface area (TPSA) is 56.5 Å². The Morgan fingerprint density at radius 2 is 2.00 bits per heavy atom. The fraction of sp³-hybridized carbons (Fsp3) is 0.100. The van der Waals surface area contributed by atoms with Gasteiger partial charge in [-0.15, -0.1) is 11.6 Å². The Morgan fingerprint density at radius 3 is 2.67 bits per heavy atom. The zero-order valence-corrected chi connectivity index (χ0v) is 8.48. The number of halogens is 1. The molecule has 0 aromatic heterocycles. The van der Waals surface area contributed by atoms with Gasteiger partial charge in [-0.25, -0.2) is 0 Å². The molecular weight excluding hydrogens is 214 g/mol. The van der Waals surface area contributed by atoms with Gasteiger partial charge >= 0.3 is 0 Å². The van der Waals surface area contributed by atoms with Crippen molar-refractivity contribution in [3.8, 4) is 0 Å². The van der Waals surface area contributed by atoms with E-state index in [9.17, 15) is 4.79 Å². The first kappa shape index (κ1) is 9.86. The average molecular weight is 222 g/mol. The van der Waals surface area contributed by atoms with Gasteiger partial charge in [-0.2, -0.15) is 10.1 Å². The number of benzene rings is 1. The van der Waals surface area contributed by atoms with E-state index in [1.54, 1.807) is 24.3 Å². The van der Waals surface area contributed by atoms with Crippen LogP contribution >= 0.6 is 11.6 Å². The Morgan fingerprint density at radius 1 is 1.33 bits per heavy atom. The zero-order chi connectivity index (χ0) is 10.8. The summed E-state index contributed by atoms with van der Waals surface area (Å²) < 4.78 is 0. The molecule has 76 valence electrons. The van der Waals surface area contributed by atoms with Gasteiger partial charge in [0, 0.05) is 6.21 Å². The lowest BCUT2D eigenvalue weighted by atomic mass is 10.2. The third-order valence-corrected chi connectivity index (χ3v) is 2.34. The maximum absolute atomic E-state index is 11.6. The summed E-state index contributed by atoms with van der Waals surface area (Å²) in [5, 5.41) is 11.8. The molecule has 1 atom stereocenters. The number of amides is 1. The molecule has 0 spiro atoms. The van der Waals surface area contributed by atoms with Crippen LogP contribution in [-0.2, 0) is 4.79 Å². The van der Waals surface area contributed by atoms with Crippen molar-refractivity contribution in [3.05, 3.63) is 30.3 Å². The van der Waals surface area contributed by atoms with Crippen molar-refractivity contribution in [2.75, 3.05) is 5.01 Å². The second-order valence-electron chi connectivity index (χ2n) is 3.03. The minimum absolute atomic E-state index is 0.157. The number of hydrogen-bond donors (Lipinski definition) is 1. The molecule has 1 heterocycles. The van der Waals surface area contributed by atoms with Crippen LogP contribution in [0.15, 0.2) is 35.4 Å². The van der Waals surface area contributed by atoms with E-state index in [4.69, 9.17) is 17.0 Å². The molecule has 1 aromatic carbocycles. The molecule has 2 rings (SSSR count). The highest BCUT2D eigenvalue weighted by molar-refractivity contribution is 6.58. The molecule has 0 bridgehead atoms. The fourth-order valence-electron chi connectivity index (χ4n) is 1.24.